The van der Waals surface area contributed by atoms with E-state index in [1.807, 2.05) is 0 Å². The fourth-order valence-electron chi connectivity index (χ4n) is 0.382. The van der Waals surface area contributed by atoms with Crippen molar-refractivity contribution in [2.45, 2.75) is 11.5 Å². The first-order valence-corrected chi connectivity index (χ1v) is 2.65. The van der Waals surface area contributed by atoms with Gasteiger partial charge in [-0.1, -0.05) is 0 Å². The summed E-state index contributed by atoms with van der Waals surface area (Å²) in [5.41, 5.74) is 0. The Morgan fingerprint density at radius 2 is 2.57 bits per heavy atom. The quantitative estimate of drug-likeness (QED) is 0.413. The third-order valence-electron chi connectivity index (χ3n) is 0.937. The highest BCUT2D eigenvalue weighted by molar-refractivity contribution is 6.21. The molecule has 1 saturated heterocycles. The zero-order chi connectivity index (χ0) is 5.28. The van der Waals surface area contributed by atoms with Crippen LogP contribution in [0.1, 0.15) is 0 Å². The Balaban J connectivity index is 2.10. The van der Waals surface area contributed by atoms with Crippen LogP contribution in [0.4, 0.5) is 0 Å². The number of ether oxygens (including phenoxy) is 1. The summed E-state index contributed by atoms with van der Waals surface area (Å²) in [6.45, 7) is 0.737. The predicted molar refractivity (Wildman–Crippen MR) is 26.5 cm³/mol. The summed E-state index contributed by atoms with van der Waals surface area (Å²) >= 11 is 5.49. The Morgan fingerprint density at radius 1 is 2.00 bits per heavy atom. The smallest absolute Gasteiger partial charge is 0.0995 e. The molecule has 0 spiro atoms. The van der Waals surface area contributed by atoms with Crippen molar-refractivity contribution < 1.29 is 9.84 Å². The molecule has 0 aromatic rings. The van der Waals surface area contributed by atoms with Gasteiger partial charge in [0.25, 0.3) is 0 Å². The molecule has 1 heterocycles. The van der Waals surface area contributed by atoms with Crippen LogP contribution in [-0.2, 0) is 4.74 Å². The second-order valence-corrected chi connectivity index (χ2v) is 2.13. The summed E-state index contributed by atoms with van der Waals surface area (Å²) in [6.07, 6.45) is 0.131. The third kappa shape index (κ3) is 1.30. The van der Waals surface area contributed by atoms with Crippen LogP contribution in [0.2, 0.25) is 0 Å². The lowest BCUT2D eigenvalue weighted by molar-refractivity contribution is 0.268. The second kappa shape index (κ2) is 1.99. The van der Waals surface area contributed by atoms with Crippen molar-refractivity contribution in [2.75, 3.05) is 13.2 Å². The summed E-state index contributed by atoms with van der Waals surface area (Å²) in [5.74, 6) is 0. The lowest BCUT2D eigenvalue weighted by Crippen LogP contribution is -2.11. The molecule has 3 heteroatoms. The van der Waals surface area contributed by atoms with Crippen LogP contribution in [0.15, 0.2) is 0 Å². The number of aliphatic hydroxyl groups is 1. The van der Waals surface area contributed by atoms with Gasteiger partial charge in [0, 0.05) is 0 Å². The minimum Gasteiger partial charge on any atom is -0.395 e. The number of alkyl halides is 1. The molecule has 1 rings (SSSR count). The van der Waals surface area contributed by atoms with Crippen molar-refractivity contribution in [3.05, 3.63) is 0 Å². The van der Waals surface area contributed by atoms with Gasteiger partial charge in [0.15, 0.2) is 0 Å². The van der Waals surface area contributed by atoms with E-state index in [9.17, 15) is 0 Å². The SMILES string of the molecule is OCC(Cl)C1CO1. The van der Waals surface area contributed by atoms with Gasteiger partial charge in [0.05, 0.1) is 24.7 Å². The van der Waals surface area contributed by atoms with Gasteiger partial charge in [-0.15, -0.1) is 11.6 Å². The number of rotatable bonds is 2. The van der Waals surface area contributed by atoms with Crippen LogP contribution >= 0.6 is 11.6 Å². The number of halogens is 1. The van der Waals surface area contributed by atoms with Gasteiger partial charge in [0.2, 0.25) is 0 Å². The predicted octanol–water partition coefficient (Wildman–Crippen LogP) is -0.0151. The molecule has 42 valence electrons. The fourth-order valence-corrected chi connectivity index (χ4v) is 0.527. The Bertz CT molecular complexity index is 62.7. The van der Waals surface area contributed by atoms with Gasteiger partial charge in [0.1, 0.15) is 0 Å². The van der Waals surface area contributed by atoms with E-state index in [0.717, 1.165) is 0 Å². The van der Waals surface area contributed by atoms with E-state index in [2.05, 4.69) is 0 Å². The summed E-state index contributed by atoms with van der Waals surface area (Å²) in [7, 11) is 0. The van der Waals surface area contributed by atoms with Crippen molar-refractivity contribution in [3.8, 4) is 0 Å². The maximum atomic E-state index is 8.33. The molecule has 0 saturated carbocycles. The first kappa shape index (κ1) is 5.35. The highest BCUT2D eigenvalue weighted by Gasteiger charge is 2.30. The molecule has 1 N–H and O–H groups in total. The number of hydrogen-bond acceptors (Lipinski definition) is 2. The number of epoxide rings is 1. The molecule has 0 radical (unpaired) electrons. The third-order valence-corrected chi connectivity index (χ3v) is 1.36. The summed E-state index contributed by atoms with van der Waals surface area (Å²) in [4.78, 5) is 0. The Kier molecular flexibility index (Phi) is 1.52. The van der Waals surface area contributed by atoms with Gasteiger partial charge in [-0.3, -0.25) is 0 Å². The van der Waals surface area contributed by atoms with E-state index in [1.165, 1.54) is 0 Å². The zero-order valence-electron chi connectivity index (χ0n) is 3.80. The zero-order valence-corrected chi connectivity index (χ0v) is 4.56. The monoisotopic (exact) mass is 122 g/mol. The Labute approximate surface area is 47.0 Å². The van der Waals surface area contributed by atoms with Crippen LogP contribution in [0.25, 0.3) is 0 Å². The molecular weight excluding hydrogens is 115 g/mol. The molecule has 0 amide bonds. The molecule has 2 nitrogen and oxygen atoms in total. The number of hydrogen-bond donors (Lipinski definition) is 1. The van der Waals surface area contributed by atoms with Crippen molar-refractivity contribution in [1.29, 1.82) is 0 Å². The minimum atomic E-state index is -0.181. The standard InChI is InChI=1S/C4H7ClO2/c5-3(1-6)4-2-7-4/h3-4,6H,1-2H2. The van der Waals surface area contributed by atoms with Crippen LogP contribution in [0.3, 0.4) is 0 Å². The van der Waals surface area contributed by atoms with Crippen LogP contribution in [0.5, 0.6) is 0 Å². The largest absolute Gasteiger partial charge is 0.395 e. The molecule has 0 bridgehead atoms. The van der Waals surface area contributed by atoms with Gasteiger partial charge in [-0.05, 0) is 0 Å². The van der Waals surface area contributed by atoms with Gasteiger partial charge < -0.3 is 9.84 Å². The van der Waals surface area contributed by atoms with Crippen molar-refractivity contribution in [2.24, 2.45) is 0 Å². The van der Waals surface area contributed by atoms with Crippen molar-refractivity contribution >= 4 is 11.6 Å². The lowest BCUT2D eigenvalue weighted by Gasteiger charge is -1.95. The van der Waals surface area contributed by atoms with Gasteiger partial charge in [-0.25, -0.2) is 0 Å². The topological polar surface area (TPSA) is 32.8 Å². The molecule has 1 aliphatic heterocycles. The van der Waals surface area contributed by atoms with Crippen molar-refractivity contribution in [3.63, 3.8) is 0 Å². The Hall–Kier alpha value is 0.210. The first-order chi connectivity index (χ1) is 3.34. The lowest BCUT2D eigenvalue weighted by atomic mass is 10.3. The molecular formula is C4H7ClO2. The molecule has 2 atom stereocenters. The van der Waals surface area contributed by atoms with E-state index in [0.29, 0.717) is 6.61 Å². The summed E-state index contributed by atoms with van der Waals surface area (Å²) in [5, 5.41) is 8.15. The maximum absolute atomic E-state index is 8.33. The molecule has 1 aliphatic rings. The fraction of sp³-hybridized carbons (Fsp3) is 1.00. The molecule has 0 aromatic carbocycles. The minimum absolute atomic E-state index is 0.0201. The number of aliphatic hydroxyl groups excluding tert-OH is 1. The van der Waals surface area contributed by atoms with Crippen LogP contribution in [0, 0.1) is 0 Å². The highest BCUT2D eigenvalue weighted by Crippen LogP contribution is 2.17. The van der Waals surface area contributed by atoms with Crippen LogP contribution in [-0.4, -0.2) is 29.8 Å². The van der Waals surface area contributed by atoms with E-state index in [-0.39, 0.29) is 18.1 Å². The summed E-state index contributed by atoms with van der Waals surface area (Å²) in [6, 6.07) is 0. The van der Waals surface area contributed by atoms with E-state index in [1.54, 1.807) is 0 Å². The van der Waals surface area contributed by atoms with E-state index >= 15 is 0 Å². The second-order valence-electron chi connectivity index (χ2n) is 1.57. The van der Waals surface area contributed by atoms with Crippen LogP contribution < -0.4 is 0 Å². The molecule has 7 heavy (non-hydrogen) atoms. The van der Waals surface area contributed by atoms with Crippen molar-refractivity contribution in [1.82, 2.24) is 0 Å². The average molecular weight is 123 g/mol. The summed E-state index contributed by atoms with van der Waals surface area (Å²) < 4.78 is 4.77. The van der Waals surface area contributed by atoms with E-state index < -0.39 is 0 Å². The molecule has 1 fully saturated rings. The van der Waals surface area contributed by atoms with Gasteiger partial charge in [-0.2, -0.15) is 0 Å². The molecule has 2 unspecified atom stereocenters. The average Bonchev–Trinajstić information content (AvgIpc) is 2.44. The normalized spacial score (nSPS) is 32.6. The maximum Gasteiger partial charge on any atom is 0.0995 e. The highest BCUT2D eigenvalue weighted by atomic mass is 35.5. The van der Waals surface area contributed by atoms with E-state index in [4.69, 9.17) is 21.4 Å². The molecule has 0 aliphatic carbocycles. The van der Waals surface area contributed by atoms with Gasteiger partial charge >= 0.3 is 0 Å². The molecule has 0 aromatic heterocycles. The first-order valence-electron chi connectivity index (χ1n) is 2.21. The Morgan fingerprint density at radius 3 is 2.71 bits per heavy atom.